The van der Waals surface area contributed by atoms with Crippen LogP contribution in [0.3, 0.4) is 0 Å². The summed E-state index contributed by atoms with van der Waals surface area (Å²) >= 11 is 3.93. The maximum atomic E-state index is 13.2. The molecule has 14 nitrogen and oxygen atoms in total. The topological polar surface area (TPSA) is 243 Å². The Morgan fingerprint density at radius 1 is 0.865 bits per heavy atom. The maximum absolute atomic E-state index is 13.2. The van der Waals surface area contributed by atoms with Crippen molar-refractivity contribution in [1.82, 2.24) is 21.3 Å². The molecule has 0 aliphatic heterocycles. The molecule has 1 rings (SSSR count). The molecule has 0 aliphatic carbocycles. The molecule has 0 saturated heterocycles. The normalized spacial score (nSPS) is 14.7. The van der Waals surface area contributed by atoms with Crippen molar-refractivity contribution in [1.29, 1.82) is 0 Å². The Morgan fingerprint density at radius 3 is 1.86 bits per heavy atom. The third-order valence-corrected chi connectivity index (χ3v) is 5.38. The van der Waals surface area contributed by atoms with E-state index < -0.39 is 72.1 Å². The molecule has 0 heterocycles. The Kier molecular flexibility index (Phi) is 12.3. The van der Waals surface area contributed by atoms with Crippen molar-refractivity contribution >= 4 is 48.1 Å². The highest BCUT2D eigenvalue weighted by molar-refractivity contribution is 7.80. The number of amides is 6. The van der Waals surface area contributed by atoms with Crippen LogP contribution in [0.2, 0.25) is 0 Å². The molecule has 10 N–H and O–H groups in total. The van der Waals surface area contributed by atoms with Gasteiger partial charge in [-0.1, -0.05) is 12.1 Å². The van der Waals surface area contributed by atoms with Gasteiger partial charge < -0.3 is 42.9 Å². The highest BCUT2D eigenvalue weighted by Gasteiger charge is 2.33. The number of rotatable bonds is 14. The summed E-state index contributed by atoms with van der Waals surface area (Å²) in [4.78, 5) is 72.9. The summed E-state index contributed by atoms with van der Waals surface area (Å²) in [6, 6.07) is 0.206. The quantitative estimate of drug-likeness (QED) is 0.107. The fraction of sp³-hybridized carbons (Fsp3) is 0.455. The number of aliphatic hydroxyl groups excluding tert-OH is 1. The third kappa shape index (κ3) is 10.7. The third-order valence-electron chi connectivity index (χ3n) is 5.01. The van der Waals surface area contributed by atoms with Gasteiger partial charge in [0.1, 0.15) is 29.9 Å². The zero-order valence-corrected chi connectivity index (χ0v) is 21.2. The van der Waals surface area contributed by atoms with Gasteiger partial charge in [-0.25, -0.2) is 0 Å². The van der Waals surface area contributed by atoms with Gasteiger partial charge in [-0.15, -0.1) is 0 Å². The van der Waals surface area contributed by atoms with Crippen LogP contribution in [0, 0.1) is 0 Å². The summed E-state index contributed by atoms with van der Waals surface area (Å²) in [5.41, 5.74) is 10.8. The lowest BCUT2D eigenvalue weighted by Crippen LogP contribution is -2.61. The molecular weight excluding hydrogens is 508 g/mol. The van der Waals surface area contributed by atoms with Crippen molar-refractivity contribution in [2.45, 2.75) is 57.0 Å². The van der Waals surface area contributed by atoms with Crippen molar-refractivity contribution in [3.63, 3.8) is 0 Å². The van der Waals surface area contributed by atoms with E-state index in [9.17, 15) is 39.0 Å². The fourth-order valence-corrected chi connectivity index (χ4v) is 3.40. The Balaban J connectivity index is 3.21. The second kappa shape index (κ2) is 14.6. The van der Waals surface area contributed by atoms with E-state index in [0.717, 1.165) is 6.92 Å². The maximum Gasteiger partial charge on any atom is 0.245 e. The number of benzene rings is 1. The van der Waals surface area contributed by atoms with Crippen LogP contribution < -0.4 is 32.7 Å². The van der Waals surface area contributed by atoms with E-state index in [0.29, 0.717) is 5.56 Å². The van der Waals surface area contributed by atoms with Gasteiger partial charge >= 0.3 is 0 Å². The molecule has 37 heavy (non-hydrogen) atoms. The first kappa shape index (κ1) is 31.2. The Hall–Kier alpha value is -3.85. The van der Waals surface area contributed by atoms with Crippen LogP contribution in [0.15, 0.2) is 24.3 Å². The lowest BCUT2D eigenvalue weighted by molar-refractivity contribution is -0.136. The van der Waals surface area contributed by atoms with Crippen molar-refractivity contribution < 1.29 is 39.0 Å². The number of nitrogens with one attached hydrogen (secondary N) is 4. The summed E-state index contributed by atoms with van der Waals surface area (Å²) in [6.45, 7) is 2.34. The smallest absolute Gasteiger partial charge is 0.245 e. The molecule has 0 aliphatic rings. The highest BCUT2D eigenvalue weighted by Crippen LogP contribution is 2.12. The van der Waals surface area contributed by atoms with Crippen LogP contribution in [0.1, 0.15) is 25.8 Å². The van der Waals surface area contributed by atoms with Gasteiger partial charge in [-0.05, 0) is 24.6 Å². The molecule has 1 aromatic rings. The average molecular weight is 541 g/mol. The molecule has 0 aromatic heterocycles. The van der Waals surface area contributed by atoms with E-state index in [1.54, 1.807) is 0 Å². The van der Waals surface area contributed by atoms with E-state index in [4.69, 9.17) is 11.5 Å². The van der Waals surface area contributed by atoms with Crippen molar-refractivity contribution in [2.75, 3.05) is 5.75 Å². The lowest BCUT2D eigenvalue weighted by atomic mass is 10.0. The molecule has 6 amide bonds. The largest absolute Gasteiger partial charge is 0.508 e. The van der Waals surface area contributed by atoms with E-state index in [-0.39, 0.29) is 17.9 Å². The molecule has 0 radical (unpaired) electrons. The Morgan fingerprint density at radius 2 is 1.41 bits per heavy atom. The van der Waals surface area contributed by atoms with Crippen LogP contribution in [0.5, 0.6) is 5.75 Å². The van der Waals surface area contributed by atoms with Gasteiger partial charge in [0, 0.05) is 19.1 Å². The number of aliphatic hydroxyl groups is 1. The Labute approximate surface area is 218 Å². The van der Waals surface area contributed by atoms with Crippen LogP contribution in [-0.2, 0) is 35.2 Å². The van der Waals surface area contributed by atoms with E-state index in [1.165, 1.54) is 31.2 Å². The van der Waals surface area contributed by atoms with Crippen LogP contribution in [0.4, 0.5) is 0 Å². The van der Waals surface area contributed by atoms with Gasteiger partial charge in [-0.3, -0.25) is 28.8 Å². The van der Waals surface area contributed by atoms with Gasteiger partial charge in [0.25, 0.3) is 0 Å². The van der Waals surface area contributed by atoms with Crippen LogP contribution in [0.25, 0.3) is 0 Å². The van der Waals surface area contributed by atoms with Gasteiger partial charge in [-0.2, -0.15) is 12.6 Å². The molecule has 0 saturated carbocycles. The van der Waals surface area contributed by atoms with Crippen molar-refractivity contribution in [3.05, 3.63) is 29.8 Å². The predicted octanol–water partition coefficient (Wildman–Crippen LogP) is -3.43. The SMILES string of the molecule is CC(=O)N[C@@H](CC(N)=O)C(=O)N[C@@H](Cc1ccc(O)cc1)C(=O)N[C@H](C(=O)N[C@@H](CS)C(N)=O)[C@@H](C)O. The van der Waals surface area contributed by atoms with Crippen LogP contribution in [-0.4, -0.2) is 81.7 Å². The standard InChI is InChI=1S/C22H32N6O8S/c1-10(29)18(22(36)27-16(9-37)19(24)33)28-21(35)14(7-12-3-5-13(31)6-4-12)26-20(34)15(8-17(23)32)25-11(2)30/h3-6,10,14-16,18,29,31,37H,7-9H2,1-2H3,(H2,23,32)(H2,24,33)(H,25,30)(H,26,34)(H,27,36)(H,28,35)/t10-,14+,15+,16+,18+/m1/s1. The summed E-state index contributed by atoms with van der Waals surface area (Å²) in [7, 11) is 0. The molecule has 15 heteroatoms. The number of phenols is 1. The number of hydrogen-bond acceptors (Lipinski definition) is 9. The fourth-order valence-electron chi connectivity index (χ4n) is 3.13. The number of carbonyl (C=O) groups is 6. The summed E-state index contributed by atoms with van der Waals surface area (Å²) in [5, 5.41) is 28.9. The number of thiol groups is 1. The number of nitrogens with two attached hydrogens (primary N) is 2. The second-order valence-electron chi connectivity index (χ2n) is 8.23. The first-order valence-electron chi connectivity index (χ1n) is 11.1. The molecule has 0 unspecified atom stereocenters. The number of hydrogen-bond donors (Lipinski definition) is 9. The van der Waals surface area contributed by atoms with Gasteiger partial charge in [0.2, 0.25) is 35.4 Å². The molecular formula is C22H32N6O8S. The lowest BCUT2D eigenvalue weighted by Gasteiger charge is -2.27. The number of phenolic OH excluding ortho intramolecular Hbond substituents is 1. The molecule has 0 spiro atoms. The highest BCUT2D eigenvalue weighted by atomic mass is 32.1. The summed E-state index contributed by atoms with van der Waals surface area (Å²) in [6.07, 6.45) is -2.12. The zero-order valence-electron chi connectivity index (χ0n) is 20.3. The molecule has 5 atom stereocenters. The minimum atomic E-state index is -1.55. The van der Waals surface area contributed by atoms with Crippen molar-refractivity contribution in [2.24, 2.45) is 11.5 Å². The van der Waals surface area contributed by atoms with E-state index in [1.807, 2.05) is 0 Å². The predicted molar refractivity (Wildman–Crippen MR) is 134 cm³/mol. The van der Waals surface area contributed by atoms with Gasteiger partial charge in [0.15, 0.2) is 0 Å². The monoisotopic (exact) mass is 540 g/mol. The van der Waals surface area contributed by atoms with Crippen molar-refractivity contribution in [3.8, 4) is 5.75 Å². The number of primary amides is 2. The first-order valence-corrected chi connectivity index (χ1v) is 11.7. The minimum absolute atomic E-state index is 0.0417. The molecule has 0 bridgehead atoms. The minimum Gasteiger partial charge on any atom is -0.508 e. The number of aromatic hydroxyl groups is 1. The molecule has 0 fully saturated rings. The van der Waals surface area contributed by atoms with Crippen LogP contribution >= 0.6 is 12.6 Å². The van der Waals surface area contributed by atoms with Gasteiger partial charge in [0.05, 0.1) is 12.5 Å². The molecule has 1 aromatic carbocycles. The summed E-state index contributed by atoms with van der Waals surface area (Å²) < 4.78 is 0. The van der Waals surface area contributed by atoms with E-state index >= 15 is 0 Å². The molecule has 204 valence electrons. The summed E-state index contributed by atoms with van der Waals surface area (Å²) in [5.74, 6) is -5.31. The number of carbonyl (C=O) groups excluding carboxylic acids is 6. The second-order valence-corrected chi connectivity index (χ2v) is 8.59. The first-order chi connectivity index (χ1) is 17.2. The Bertz CT molecular complexity index is 987. The van der Waals surface area contributed by atoms with E-state index in [2.05, 4.69) is 33.9 Å². The average Bonchev–Trinajstić information content (AvgIpc) is 2.79. The zero-order chi connectivity index (χ0) is 28.3.